The van der Waals surface area contributed by atoms with Crippen LogP contribution < -0.4 is 40.4 Å². The van der Waals surface area contributed by atoms with Crippen LogP contribution in [-0.4, -0.2) is 49.3 Å². The molecule has 166 valence electrons. The number of amidine groups is 1. The van der Waals surface area contributed by atoms with E-state index in [4.69, 9.17) is 0 Å². The fourth-order valence-corrected chi connectivity index (χ4v) is 3.16. The van der Waals surface area contributed by atoms with Crippen LogP contribution in [0.4, 0.5) is 11.4 Å². The molecule has 0 aromatic heterocycles. The van der Waals surface area contributed by atoms with Gasteiger partial charge < -0.3 is 34.0 Å². The van der Waals surface area contributed by atoms with Crippen molar-refractivity contribution in [2.45, 2.75) is 11.8 Å². The van der Waals surface area contributed by atoms with Crippen LogP contribution in [0.2, 0.25) is 0 Å². The predicted octanol–water partition coefficient (Wildman–Crippen LogP) is -2.63. The van der Waals surface area contributed by atoms with Crippen molar-refractivity contribution in [3.8, 4) is 5.75 Å². The van der Waals surface area contributed by atoms with Crippen LogP contribution in [0, 0.1) is 10.1 Å². The number of benzene rings is 2. The number of halogens is 1. The number of nitrogens with one attached hydrogen (secondary N) is 1. The van der Waals surface area contributed by atoms with Crippen molar-refractivity contribution >= 4 is 27.2 Å². The average molecular weight is 552 g/mol. The van der Waals surface area contributed by atoms with E-state index in [-0.39, 0.29) is 46.9 Å². The molecule has 0 atom stereocenters. The van der Waals surface area contributed by atoms with E-state index >= 15 is 0 Å². The molecule has 0 aliphatic carbocycles. The molecule has 0 unspecified atom stereocenters. The van der Waals surface area contributed by atoms with Crippen LogP contribution in [0.3, 0.4) is 0 Å². The summed E-state index contributed by atoms with van der Waals surface area (Å²) in [7, 11) is -1.98. The number of nitrogens with two attached hydrogens (primary N) is 1. The minimum atomic E-state index is -3.75. The van der Waals surface area contributed by atoms with E-state index in [0.29, 0.717) is 18.1 Å². The normalized spacial score (nSPS) is 11.0. The Morgan fingerprint density at radius 3 is 2.23 bits per heavy atom. The van der Waals surface area contributed by atoms with Gasteiger partial charge in [-0.25, -0.2) is 18.1 Å². The lowest BCUT2D eigenvalue weighted by Gasteiger charge is -2.19. The summed E-state index contributed by atoms with van der Waals surface area (Å²) < 4.78 is 26.9. The molecule has 0 fully saturated rings. The molecule has 0 amide bonds. The van der Waals surface area contributed by atoms with Gasteiger partial charge in [-0.3, -0.25) is 16.0 Å². The van der Waals surface area contributed by atoms with Crippen LogP contribution in [0.1, 0.15) is 6.92 Å². The third-order valence-electron chi connectivity index (χ3n) is 3.79. The molecular weight excluding hydrogens is 527 g/mol. The van der Waals surface area contributed by atoms with Gasteiger partial charge in [0, 0.05) is 32.3 Å². The van der Waals surface area contributed by atoms with E-state index in [1.807, 2.05) is 0 Å². The van der Waals surface area contributed by atoms with Crippen LogP contribution >= 0.6 is 0 Å². The quantitative estimate of drug-likeness (QED) is 0.0725. The number of non-ortho nitro benzene ring substituents is 1. The molecule has 0 spiro atoms. The van der Waals surface area contributed by atoms with Gasteiger partial charge in [0.15, 0.2) is 0 Å². The van der Waals surface area contributed by atoms with Crippen molar-refractivity contribution in [1.29, 1.82) is 0 Å². The molecule has 0 aliphatic heterocycles. The Balaban J connectivity index is 0.00000272. The Labute approximate surface area is 192 Å². The number of phenols is 1. The summed E-state index contributed by atoms with van der Waals surface area (Å²) in [5, 5.41) is 19.9. The summed E-state index contributed by atoms with van der Waals surface area (Å²) in [4.78, 5) is 16.2. The Hall–Kier alpha value is -2.33. The Bertz CT molecular complexity index is 936. The second-order valence-electron chi connectivity index (χ2n) is 5.75. The Morgan fingerprint density at radius 1 is 1.20 bits per heavy atom. The molecular formula is C17H25IN6O5S. The number of nitro benzene ring substituents is 1. The first-order valence-electron chi connectivity index (χ1n) is 8.39. The highest BCUT2D eigenvalue weighted by atomic mass is 127. The minimum Gasteiger partial charge on any atom is -1.00 e. The maximum Gasteiger partial charge on any atom is 0.269 e. The molecule has 0 saturated carbocycles. The van der Waals surface area contributed by atoms with Gasteiger partial charge in [-0.1, -0.05) is 0 Å². The number of hydrogen-bond acceptors (Lipinski definition) is 7. The molecule has 0 saturated heterocycles. The van der Waals surface area contributed by atoms with E-state index in [2.05, 4.69) is 21.4 Å². The highest BCUT2D eigenvalue weighted by molar-refractivity contribution is 7.89. The third-order valence-corrected chi connectivity index (χ3v) is 5.27. The Morgan fingerprint density at radius 2 is 1.73 bits per heavy atom. The number of hydrogen-bond donors (Lipinski definition) is 4. The third kappa shape index (κ3) is 8.58. The first kappa shape index (κ1) is 27.7. The Kier molecular flexibility index (Phi) is 12.1. The van der Waals surface area contributed by atoms with Gasteiger partial charge >= 0.3 is 0 Å². The first-order valence-corrected chi connectivity index (χ1v) is 9.88. The summed E-state index contributed by atoms with van der Waals surface area (Å²) in [5.41, 5.74) is 0.498. The molecule has 7 N–H and O–H groups in total. The van der Waals surface area contributed by atoms with Crippen molar-refractivity contribution in [3.63, 3.8) is 0 Å². The number of rotatable bonds is 7. The molecule has 0 radical (unpaired) electrons. The molecule has 0 bridgehead atoms. The molecule has 0 heterocycles. The van der Waals surface area contributed by atoms with Gasteiger partial charge in [-0.2, -0.15) is 5.84 Å². The number of sulfonamides is 1. The standard InChI is InChI=1S/C17H20N4O5S.HI.H4N2/c1-13(19-14-3-7-16(22)8-4-14)20(2)12-11-18-27(25,26)17-9-5-15(6-10-17)21(23)24;;1-2/h3-10,18,22H,11-12H2,1-2H3;1H;1-2H2. The topological polar surface area (TPSA) is 179 Å². The highest BCUT2D eigenvalue weighted by Gasteiger charge is 2.15. The summed E-state index contributed by atoms with van der Waals surface area (Å²) in [6, 6.07) is 11.1. The van der Waals surface area contributed by atoms with E-state index in [0.717, 1.165) is 12.1 Å². The number of aromatic hydroxyl groups is 1. The second kappa shape index (κ2) is 13.1. The SMILES string of the molecule is CC(=Nc1ccc(O)cc1)N(C)CCNS(=O)(=O)c1ccc([N+](=O)[O-])cc1.N[NH3+].[I-]. The fourth-order valence-electron chi connectivity index (χ4n) is 2.14. The maximum absolute atomic E-state index is 12.2. The fraction of sp³-hybridized carbons (Fsp3) is 0.235. The molecule has 0 aliphatic rings. The lowest BCUT2D eigenvalue weighted by molar-refractivity contribution is -0.384. The van der Waals surface area contributed by atoms with Crippen molar-refractivity contribution in [1.82, 2.24) is 9.62 Å². The van der Waals surface area contributed by atoms with Crippen LogP contribution in [0.25, 0.3) is 0 Å². The van der Waals surface area contributed by atoms with Crippen LogP contribution in [0.5, 0.6) is 5.75 Å². The van der Waals surface area contributed by atoms with Gasteiger partial charge in [0.1, 0.15) is 11.6 Å². The zero-order valence-electron chi connectivity index (χ0n) is 16.5. The van der Waals surface area contributed by atoms with Gasteiger partial charge in [0.25, 0.3) is 5.69 Å². The molecule has 2 aromatic carbocycles. The van der Waals surface area contributed by atoms with Gasteiger partial charge in [-0.05, 0) is 43.3 Å². The highest BCUT2D eigenvalue weighted by Crippen LogP contribution is 2.17. The maximum atomic E-state index is 12.2. The molecule has 2 aromatic rings. The summed E-state index contributed by atoms with van der Waals surface area (Å²) >= 11 is 0. The number of aliphatic imine (C=N–C) groups is 1. The number of phenolic OH excluding ortho intramolecular Hbond substituents is 1. The van der Waals surface area contributed by atoms with Crippen molar-refractivity contribution in [2.24, 2.45) is 10.8 Å². The lowest BCUT2D eigenvalue weighted by atomic mass is 10.3. The van der Waals surface area contributed by atoms with Gasteiger partial charge in [-0.15, -0.1) is 0 Å². The monoisotopic (exact) mass is 552 g/mol. The van der Waals surface area contributed by atoms with Crippen LogP contribution in [0.15, 0.2) is 58.4 Å². The van der Waals surface area contributed by atoms with Crippen molar-refractivity contribution < 1.29 is 48.3 Å². The summed E-state index contributed by atoms with van der Waals surface area (Å²) in [6.07, 6.45) is 0. The molecule has 2 rings (SSSR count). The van der Waals surface area contributed by atoms with E-state index in [1.165, 1.54) is 24.3 Å². The predicted molar refractivity (Wildman–Crippen MR) is 109 cm³/mol. The average Bonchev–Trinajstić information content (AvgIpc) is 2.71. The summed E-state index contributed by atoms with van der Waals surface area (Å²) in [5.74, 6) is 7.83. The smallest absolute Gasteiger partial charge is 0.269 e. The van der Waals surface area contributed by atoms with Gasteiger partial charge in [0.2, 0.25) is 10.0 Å². The van der Waals surface area contributed by atoms with Gasteiger partial charge in [0.05, 0.1) is 15.5 Å². The second-order valence-corrected chi connectivity index (χ2v) is 7.51. The first-order chi connectivity index (χ1) is 13.7. The van der Waals surface area contributed by atoms with E-state index in [9.17, 15) is 23.6 Å². The summed E-state index contributed by atoms with van der Waals surface area (Å²) in [6.45, 7) is 2.30. The van der Waals surface area contributed by atoms with Crippen LogP contribution in [-0.2, 0) is 10.0 Å². The molecule has 30 heavy (non-hydrogen) atoms. The van der Waals surface area contributed by atoms with Crippen molar-refractivity contribution in [3.05, 3.63) is 58.6 Å². The van der Waals surface area contributed by atoms with E-state index < -0.39 is 14.9 Å². The molecule has 11 nitrogen and oxygen atoms in total. The number of likely N-dealkylation sites (N-methyl/N-ethyl adjacent to an activating group) is 1. The lowest BCUT2D eigenvalue weighted by Crippen LogP contribution is -3.00. The number of nitro groups is 1. The number of quaternary nitrogens is 1. The largest absolute Gasteiger partial charge is 1.00 e. The minimum absolute atomic E-state index is 0. The number of nitrogens with zero attached hydrogens (tertiary/aromatic N) is 3. The molecule has 13 heteroatoms. The van der Waals surface area contributed by atoms with E-state index in [1.54, 1.807) is 31.0 Å². The zero-order chi connectivity index (χ0) is 22.0. The van der Waals surface area contributed by atoms with Crippen molar-refractivity contribution in [2.75, 3.05) is 20.1 Å². The zero-order valence-corrected chi connectivity index (χ0v) is 19.5.